The summed E-state index contributed by atoms with van der Waals surface area (Å²) >= 11 is 0. The van der Waals surface area contributed by atoms with Crippen LogP contribution in [-0.4, -0.2) is 23.6 Å². The highest BCUT2D eigenvalue weighted by molar-refractivity contribution is 5.61. The predicted molar refractivity (Wildman–Crippen MR) is 68.1 cm³/mol. The number of methoxy groups -OCH3 is 1. The molecule has 0 saturated heterocycles. The second-order valence-electron chi connectivity index (χ2n) is 5.01. The van der Waals surface area contributed by atoms with Gasteiger partial charge in [0.05, 0.1) is 7.11 Å². The average molecular weight is 236 g/mol. The Morgan fingerprint density at radius 1 is 1.41 bits per heavy atom. The van der Waals surface area contributed by atoms with Gasteiger partial charge >= 0.3 is 0 Å². The van der Waals surface area contributed by atoms with E-state index >= 15 is 0 Å². The second kappa shape index (κ2) is 4.77. The maximum atomic E-state index is 5.73. The lowest BCUT2D eigenvalue weighted by Crippen LogP contribution is -2.23. The third kappa shape index (κ3) is 2.60. The first kappa shape index (κ1) is 12.0. The molecule has 3 N–H and O–H groups in total. The SMILES string of the molecule is COc1c(N)ncnc1NCC1(C)CCCC1. The Kier molecular flexibility index (Phi) is 3.36. The number of hydrogen-bond acceptors (Lipinski definition) is 5. The van der Waals surface area contributed by atoms with Crippen molar-refractivity contribution < 1.29 is 4.74 Å². The highest BCUT2D eigenvalue weighted by Crippen LogP contribution is 2.38. The van der Waals surface area contributed by atoms with E-state index in [1.807, 2.05) is 0 Å². The molecule has 1 fully saturated rings. The molecule has 1 aliphatic carbocycles. The van der Waals surface area contributed by atoms with Crippen LogP contribution < -0.4 is 15.8 Å². The highest BCUT2D eigenvalue weighted by atomic mass is 16.5. The van der Waals surface area contributed by atoms with Crippen LogP contribution in [0.15, 0.2) is 6.33 Å². The van der Waals surface area contributed by atoms with Crippen molar-refractivity contribution in [1.29, 1.82) is 0 Å². The standard InChI is InChI=1S/C12H20N4O/c1-12(5-3-4-6-12)7-14-11-9(17-2)10(13)15-8-16-11/h8H,3-7H2,1-2H3,(H3,13,14,15,16). The Morgan fingerprint density at radius 3 is 2.76 bits per heavy atom. The van der Waals surface area contributed by atoms with Crippen LogP contribution in [0.25, 0.3) is 0 Å². The van der Waals surface area contributed by atoms with E-state index in [2.05, 4.69) is 22.2 Å². The molecule has 1 aromatic rings. The summed E-state index contributed by atoms with van der Waals surface area (Å²) in [5.41, 5.74) is 6.10. The van der Waals surface area contributed by atoms with Crippen molar-refractivity contribution in [2.45, 2.75) is 32.6 Å². The van der Waals surface area contributed by atoms with Crippen LogP contribution in [0.3, 0.4) is 0 Å². The first-order chi connectivity index (χ1) is 8.14. The Hall–Kier alpha value is -1.52. The zero-order valence-electron chi connectivity index (χ0n) is 10.5. The van der Waals surface area contributed by atoms with Crippen LogP contribution in [0.2, 0.25) is 0 Å². The number of rotatable bonds is 4. The average Bonchev–Trinajstić information content (AvgIpc) is 2.74. The fourth-order valence-corrected chi connectivity index (χ4v) is 2.42. The molecule has 1 heterocycles. The molecule has 1 aromatic heterocycles. The molecule has 0 radical (unpaired) electrons. The number of nitrogen functional groups attached to an aromatic ring is 1. The van der Waals surface area contributed by atoms with Crippen molar-refractivity contribution in [2.24, 2.45) is 5.41 Å². The van der Waals surface area contributed by atoms with Gasteiger partial charge < -0.3 is 15.8 Å². The molecule has 94 valence electrons. The zero-order valence-corrected chi connectivity index (χ0v) is 10.5. The first-order valence-electron chi connectivity index (χ1n) is 6.03. The summed E-state index contributed by atoms with van der Waals surface area (Å²) in [4.78, 5) is 8.08. The molecule has 17 heavy (non-hydrogen) atoms. The lowest BCUT2D eigenvalue weighted by atomic mass is 9.89. The van der Waals surface area contributed by atoms with Crippen LogP contribution in [0.4, 0.5) is 11.6 Å². The smallest absolute Gasteiger partial charge is 0.203 e. The van der Waals surface area contributed by atoms with Crippen molar-refractivity contribution in [3.63, 3.8) is 0 Å². The normalized spacial score (nSPS) is 18.0. The first-order valence-corrected chi connectivity index (χ1v) is 6.03. The minimum Gasteiger partial charge on any atom is -0.490 e. The van der Waals surface area contributed by atoms with Crippen LogP contribution in [-0.2, 0) is 0 Å². The topological polar surface area (TPSA) is 73.1 Å². The third-order valence-corrected chi connectivity index (χ3v) is 3.53. The fraction of sp³-hybridized carbons (Fsp3) is 0.667. The molecule has 0 aromatic carbocycles. The van der Waals surface area contributed by atoms with Gasteiger partial charge in [0.1, 0.15) is 6.33 Å². The van der Waals surface area contributed by atoms with Crippen molar-refractivity contribution in [2.75, 3.05) is 24.7 Å². The lowest BCUT2D eigenvalue weighted by Gasteiger charge is -2.24. The van der Waals surface area contributed by atoms with Gasteiger partial charge in [0, 0.05) is 6.54 Å². The monoisotopic (exact) mass is 236 g/mol. The summed E-state index contributed by atoms with van der Waals surface area (Å²) in [6, 6.07) is 0. The molecule has 0 unspecified atom stereocenters. The summed E-state index contributed by atoms with van der Waals surface area (Å²) in [6.07, 6.45) is 6.63. The van der Waals surface area contributed by atoms with E-state index in [1.165, 1.54) is 32.0 Å². The van der Waals surface area contributed by atoms with Crippen molar-refractivity contribution >= 4 is 11.6 Å². The van der Waals surface area contributed by atoms with E-state index in [4.69, 9.17) is 10.5 Å². The summed E-state index contributed by atoms with van der Waals surface area (Å²) in [6.45, 7) is 3.21. The number of nitrogens with one attached hydrogen (secondary N) is 1. The fourth-order valence-electron chi connectivity index (χ4n) is 2.42. The molecule has 1 aliphatic rings. The Bertz CT molecular complexity index is 388. The van der Waals surface area contributed by atoms with E-state index in [0.717, 1.165) is 6.54 Å². The maximum Gasteiger partial charge on any atom is 0.203 e. The van der Waals surface area contributed by atoms with Gasteiger partial charge in [-0.2, -0.15) is 0 Å². The molecule has 0 bridgehead atoms. The van der Waals surface area contributed by atoms with Crippen molar-refractivity contribution in [3.05, 3.63) is 6.33 Å². The summed E-state index contributed by atoms with van der Waals surface area (Å²) in [7, 11) is 1.58. The molecule has 2 rings (SSSR count). The van der Waals surface area contributed by atoms with Gasteiger partial charge in [-0.05, 0) is 18.3 Å². The van der Waals surface area contributed by atoms with Gasteiger partial charge in [0.25, 0.3) is 0 Å². The van der Waals surface area contributed by atoms with Gasteiger partial charge in [-0.3, -0.25) is 0 Å². The third-order valence-electron chi connectivity index (χ3n) is 3.53. The van der Waals surface area contributed by atoms with Crippen LogP contribution in [0.1, 0.15) is 32.6 Å². The highest BCUT2D eigenvalue weighted by Gasteiger charge is 2.28. The van der Waals surface area contributed by atoms with Gasteiger partial charge in [-0.25, -0.2) is 9.97 Å². The number of anilines is 2. The van der Waals surface area contributed by atoms with Gasteiger partial charge in [-0.15, -0.1) is 0 Å². The van der Waals surface area contributed by atoms with Gasteiger partial charge in [0.15, 0.2) is 11.6 Å². The minimum atomic E-state index is 0.366. The van der Waals surface area contributed by atoms with E-state index in [0.29, 0.717) is 22.8 Å². The molecule has 0 spiro atoms. The van der Waals surface area contributed by atoms with E-state index < -0.39 is 0 Å². The molecule has 0 aliphatic heterocycles. The molecular formula is C12H20N4O. The van der Waals surface area contributed by atoms with Crippen LogP contribution in [0, 0.1) is 5.41 Å². The summed E-state index contributed by atoms with van der Waals surface area (Å²) < 4.78 is 5.21. The molecule has 5 heteroatoms. The van der Waals surface area contributed by atoms with Crippen molar-refractivity contribution in [3.8, 4) is 5.75 Å². The molecule has 0 atom stereocenters. The number of nitrogens with zero attached hydrogens (tertiary/aromatic N) is 2. The minimum absolute atomic E-state index is 0.366. The largest absolute Gasteiger partial charge is 0.490 e. The molecule has 0 amide bonds. The van der Waals surface area contributed by atoms with Gasteiger partial charge in [-0.1, -0.05) is 19.8 Å². The van der Waals surface area contributed by atoms with Crippen LogP contribution >= 0.6 is 0 Å². The van der Waals surface area contributed by atoms with Crippen molar-refractivity contribution in [1.82, 2.24) is 9.97 Å². The molecular weight excluding hydrogens is 216 g/mol. The molecule has 5 nitrogen and oxygen atoms in total. The summed E-state index contributed by atoms with van der Waals surface area (Å²) in [5, 5.41) is 3.33. The number of hydrogen-bond donors (Lipinski definition) is 2. The van der Waals surface area contributed by atoms with E-state index in [1.54, 1.807) is 7.11 Å². The lowest BCUT2D eigenvalue weighted by molar-refractivity contribution is 0.359. The quantitative estimate of drug-likeness (QED) is 0.837. The second-order valence-corrected chi connectivity index (χ2v) is 5.01. The zero-order chi connectivity index (χ0) is 12.3. The number of nitrogens with two attached hydrogens (primary N) is 1. The Balaban J connectivity index is 2.06. The molecule has 1 saturated carbocycles. The summed E-state index contributed by atoms with van der Waals surface area (Å²) in [5.74, 6) is 1.60. The number of aromatic nitrogens is 2. The maximum absolute atomic E-state index is 5.73. The van der Waals surface area contributed by atoms with E-state index in [-0.39, 0.29) is 0 Å². The number of ether oxygens (including phenoxy) is 1. The van der Waals surface area contributed by atoms with E-state index in [9.17, 15) is 0 Å². The predicted octanol–water partition coefficient (Wildman–Crippen LogP) is 2.06. The Labute approximate surface area is 102 Å². The van der Waals surface area contributed by atoms with Crippen LogP contribution in [0.5, 0.6) is 5.75 Å². The van der Waals surface area contributed by atoms with Gasteiger partial charge in [0.2, 0.25) is 5.75 Å². The Morgan fingerprint density at radius 2 is 2.12 bits per heavy atom.